The lowest BCUT2D eigenvalue weighted by molar-refractivity contribution is -0.137. The van der Waals surface area contributed by atoms with E-state index in [-0.39, 0.29) is 17.8 Å². The second-order valence-electron chi connectivity index (χ2n) is 6.48. The second-order valence-corrected chi connectivity index (χ2v) is 6.48. The summed E-state index contributed by atoms with van der Waals surface area (Å²) in [5.74, 6) is -0.0737. The highest BCUT2D eigenvalue weighted by molar-refractivity contribution is 5.83. The van der Waals surface area contributed by atoms with Crippen LogP contribution in [-0.4, -0.2) is 55.0 Å². The minimum Gasteiger partial charge on any atom is -0.341 e. The summed E-state index contributed by atoms with van der Waals surface area (Å²) in [4.78, 5) is 17.5. The lowest BCUT2D eigenvalue weighted by atomic mass is 10.0. The van der Waals surface area contributed by atoms with Gasteiger partial charge in [-0.3, -0.25) is 9.69 Å². The molecule has 23 heavy (non-hydrogen) atoms. The normalized spacial score (nSPS) is 21.7. The third kappa shape index (κ3) is 4.09. The Morgan fingerprint density at radius 3 is 2.17 bits per heavy atom. The number of carbonyl (C=O) groups excluding carboxylic acids is 1. The van der Waals surface area contributed by atoms with Crippen LogP contribution in [0.5, 0.6) is 0 Å². The molecule has 0 aromatic heterocycles. The summed E-state index contributed by atoms with van der Waals surface area (Å²) in [7, 11) is 0. The van der Waals surface area contributed by atoms with E-state index in [9.17, 15) is 9.18 Å². The lowest BCUT2D eigenvalue weighted by Crippen LogP contribution is -2.50. The van der Waals surface area contributed by atoms with Crippen molar-refractivity contribution in [2.75, 3.05) is 39.3 Å². The van der Waals surface area contributed by atoms with Gasteiger partial charge in [-0.05, 0) is 30.5 Å². The molecule has 0 aliphatic carbocycles. The molecule has 0 radical (unpaired) electrons. The van der Waals surface area contributed by atoms with Crippen LogP contribution in [0, 0.1) is 5.82 Å². The van der Waals surface area contributed by atoms with Crippen LogP contribution in [0.2, 0.25) is 0 Å². The molecule has 2 aliphatic rings. The van der Waals surface area contributed by atoms with Gasteiger partial charge in [0.15, 0.2) is 0 Å². The Balaban J connectivity index is 1.83. The van der Waals surface area contributed by atoms with E-state index in [0.717, 1.165) is 57.7 Å². The summed E-state index contributed by atoms with van der Waals surface area (Å²) in [5.41, 5.74) is 0.905. The molecule has 1 aromatic carbocycles. The number of halogens is 1. The molecule has 0 bridgehead atoms. The Morgan fingerprint density at radius 2 is 1.57 bits per heavy atom. The number of carbonyl (C=O) groups is 1. The number of amides is 1. The zero-order chi connectivity index (χ0) is 16.1. The molecule has 0 spiro atoms. The van der Waals surface area contributed by atoms with Crippen molar-refractivity contribution in [1.82, 2.24) is 15.1 Å². The average Bonchev–Trinajstić information content (AvgIpc) is 2.87. The molecule has 2 aliphatic heterocycles. The monoisotopic (exact) mass is 319 g/mol. The van der Waals surface area contributed by atoms with Crippen molar-refractivity contribution in [2.45, 2.75) is 31.7 Å². The van der Waals surface area contributed by atoms with E-state index in [1.807, 2.05) is 4.90 Å². The fraction of sp³-hybridized carbons (Fsp3) is 0.611. The predicted octanol–water partition coefficient (Wildman–Crippen LogP) is 2.17. The zero-order valence-electron chi connectivity index (χ0n) is 13.6. The Bertz CT molecular complexity index is 506. The Hall–Kier alpha value is -1.46. The van der Waals surface area contributed by atoms with Gasteiger partial charge in [-0.2, -0.15) is 0 Å². The first-order chi connectivity index (χ1) is 11.3. The van der Waals surface area contributed by atoms with Crippen LogP contribution < -0.4 is 5.32 Å². The SMILES string of the molecule is O=C(C(c1ccc(F)cc1)N1CCNCC1)N1CCCCCC1. The van der Waals surface area contributed by atoms with Gasteiger partial charge >= 0.3 is 0 Å². The zero-order valence-corrected chi connectivity index (χ0v) is 13.6. The molecular weight excluding hydrogens is 293 g/mol. The molecule has 3 rings (SSSR count). The number of nitrogens with one attached hydrogen (secondary N) is 1. The van der Waals surface area contributed by atoms with Gasteiger partial charge in [0.05, 0.1) is 0 Å². The summed E-state index contributed by atoms with van der Waals surface area (Å²) in [6, 6.07) is 6.16. The number of nitrogens with zero attached hydrogens (tertiary/aromatic N) is 2. The Morgan fingerprint density at radius 1 is 0.957 bits per heavy atom. The highest BCUT2D eigenvalue weighted by Crippen LogP contribution is 2.25. The van der Waals surface area contributed by atoms with E-state index >= 15 is 0 Å². The molecule has 1 amide bonds. The van der Waals surface area contributed by atoms with Gasteiger partial charge in [0.1, 0.15) is 11.9 Å². The van der Waals surface area contributed by atoms with Crippen LogP contribution >= 0.6 is 0 Å². The molecule has 0 saturated carbocycles. The first-order valence-corrected chi connectivity index (χ1v) is 8.75. The fourth-order valence-corrected chi connectivity index (χ4v) is 3.56. The molecule has 2 fully saturated rings. The molecule has 1 atom stereocenters. The third-order valence-electron chi connectivity index (χ3n) is 4.85. The average molecular weight is 319 g/mol. The van der Waals surface area contributed by atoms with E-state index in [2.05, 4.69) is 10.2 Å². The summed E-state index contributed by atoms with van der Waals surface area (Å²) >= 11 is 0. The summed E-state index contributed by atoms with van der Waals surface area (Å²) in [6.45, 7) is 5.18. The maximum absolute atomic E-state index is 13.3. The molecule has 1 N–H and O–H groups in total. The number of benzene rings is 1. The van der Waals surface area contributed by atoms with Crippen LogP contribution in [-0.2, 0) is 4.79 Å². The van der Waals surface area contributed by atoms with Gasteiger partial charge in [-0.1, -0.05) is 25.0 Å². The molecule has 1 unspecified atom stereocenters. The maximum Gasteiger partial charge on any atom is 0.244 e. The number of piperazine rings is 1. The summed E-state index contributed by atoms with van der Waals surface area (Å²) < 4.78 is 13.3. The van der Waals surface area contributed by atoms with Crippen molar-refractivity contribution < 1.29 is 9.18 Å². The largest absolute Gasteiger partial charge is 0.341 e. The molecule has 2 saturated heterocycles. The molecule has 4 nitrogen and oxygen atoms in total. The number of likely N-dealkylation sites (tertiary alicyclic amines) is 1. The van der Waals surface area contributed by atoms with Crippen molar-refractivity contribution >= 4 is 5.91 Å². The van der Waals surface area contributed by atoms with E-state index in [4.69, 9.17) is 0 Å². The number of hydrogen-bond donors (Lipinski definition) is 1. The van der Waals surface area contributed by atoms with Crippen LogP contribution in [0.1, 0.15) is 37.3 Å². The number of rotatable bonds is 3. The Kier molecular flexibility index (Phi) is 5.62. The molecular formula is C18H26FN3O. The quantitative estimate of drug-likeness (QED) is 0.927. The highest BCUT2D eigenvalue weighted by atomic mass is 19.1. The highest BCUT2D eigenvalue weighted by Gasteiger charge is 2.32. The van der Waals surface area contributed by atoms with Crippen molar-refractivity contribution in [3.8, 4) is 0 Å². The van der Waals surface area contributed by atoms with Gasteiger partial charge in [-0.25, -0.2) is 4.39 Å². The summed E-state index contributed by atoms with van der Waals surface area (Å²) in [5, 5.41) is 3.33. The first kappa shape index (κ1) is 16.4. The third-order valence-corrected chi connectivity index (χ3v) is 4.85. The van der Waals surface area contributed by atoms with Gasteiger partial charge < -0.3 is 10.2 Å². The molecule has 126 valence electrons. The Labute approximate surface area is 137 Å². The molecule has 1 aromatic rings. The van der Waals surface area contributed by atoms with Gasteiger partial charge in [0.2, 0.25) is 5.91 Å². The maximum atomic E-state index is 13.3. The predicted molar refractivity (Wildman–Crippen MR) is 88.6 cm³/mol. The lowest BCUT2D eigenvalue weighted by Gasteiger charge is -2.37. The van der Waals surface area contributed by atoms with E-state index in [0.29, 0.717) is 0 Å². The standard InChI is InChI=1S/C18H26FN3O/c19-16-7-5-15(6-8-16)17(21-13-9-20-10-14-21)18(23)22-11-3-1-2-4-12-22/h5-8,17,20H,1-4,9-14H2. The van der Waals surface area contributed by atoms with Crippen LogP contribution in [0.3, 0.4) is 0 Å². The van der Waals surface area contributed by atoms with Gasteiger partial charge in [-0.15, -0.1) is 0 Å². The second kappa shape index (κ2) is 7.88. The van der Waals surface area contributed by atoms with Gasteiger partial charge in [0, 0.05) is 39.3 Å². The van der Waals surface area contributed by atoms with E-state index in [1.54, 1.807) is 12.1 Å². The van der Waals surface area contributed by atoms with Crippen molar-refractivity contribution in [1.29, 1.82) is 0 Å². The van der Waals surface area contributed by atoms with Crippen LogP contribution in [0.15, 0.2) is 24.3 Å². The van der Waals surface area contributed by atoms with Crippen molar-refractivity contribution in [2.24, 2.45) is 0 Å². The fourth-order valence-electron chi connectivity index (χ4n) is 3.56. The molecule has 2 heterocycles. The van der Waals surface area contributed by atoms with Crippen LogP contribution in [0.25, 0.3) is 0 Å². The minimum atomic E-state index is -0.282. The smallest absolute Gasteiger partial charge is 0.244 e. The first-order valence-electron chi connectivity index (χ1n) is 8.75. The van der Waals surface area contributed by atoms with Crippen molar-refractivity contribution in [3.63, 3.8) is 0 Å². The minimum absolute atomic E-state index is 0.181. The number of hydrogen-bond acceptors (Lipinski definition) is 3. The van der Waals surface area contributed by atoms with Crippen LogP contribution in [0.4, 0.5) is 4.39 Å². The van der Waals surface area contributed by atoms with E-state index in [1.165, 1.54) is 25.0 Å². The van der Waals surface area contributed by atoms with Crippen molar-refractivity contribution in [3.05, 3.63) is 35.6 Å². The van der Waals surface area contributed by atoms with Gasteiger partial charge in [0.25, 0.3) is 0 Å². The molecule has 5 heteroatoms. The topological polar surface area (TPSA) is 35.6 Å². The van der Waals surface area contributed by atoms with E-state index < -0.39 is 0 Å². The summed E-state index contributed by atoms with van der Waals surface area (Å²) in [6.07, 6.45) is 4.59.